The lowest BCUT2D eigenvalue weighted by molar-refractivity contribution is -0.137. The van der Waals surface area contributed by atoms with Crippen LogP contribution >= 0.6 is 0 Å². The number of amides is 1. The molecule has 1 rings (SSSR count). The van der Waals surface area contributed by atoms with Crippen molar-refractivity contribution in [2.24, 2.45) is 5.73 Å². The fraction of sp³-hybridized carbons (Fsp3) is 0.533. The summed E-state index contributed by atoms with van der Waals surface area (Å²) in [7, 11) is 0. The average Bonchev–Trinajstić information content (AvgIpc) is 2.38. The molecule has 0 saturated carbocycles. The number of nitrogens with two attached hydrogens (primary N) is 1. The summed E-state index contributed by atoms with van der Waals surface area (Å²) in [4.78, 5) is 11.7. The highest BCUT2D eigenvalue weighted by molar-refractivity contribution is 5.81. The maximum Gasteiger partial charge on any atom is 0.416 e. The van der Waals surface area contributed by atoms with Crippen LogP contribution in [0.3, 0.4) is 0 Å². The summed E-state index contributed by atoms with van der Waals surface area (Å²) in [6.07, 6.45) is -2.44. The maximum atomic E-state index is 12.4. The zero-order valence-electron chi connectivity index (χ0n) is 12.2. The van der Waals surface area contributed by atoms with E-state index in [1.165, 1.54) is 12.1 Å². The first-order chi connectivity index (χ1) is 9.74. The van der Waals surface area contributed by atoms with Crippen LogP contribution in [-0.2, 0) is 17.4 Å². The molecule has 0 bridgehead atoms. The van der Waals surface area contributed by atoms with Crippen molar-refractivity contribution in [1.82, 2.24) is 5.32 Å². The molecule has 0 aliphatic heterocycles. The van der Waals surface area contributed by atoms with E-state index in [4.69, 9.17) is 5.73 Å². The molecule has 0 aliphatic carbocycles. The first kappa shape index (κ1) is 17.5. The highest BCUT2D eigenvalue weighted by Gasteiger charge is 2.29. The van der Waals surface area contributed by atoms with E-state index < -0.39 is 17.8 Å². The average molecular weight is 302 g/mol. The normalized spacial score (nSPS) is 14.6. The predicted octanol–water partition coefficient (Wildman–Crippen LogP) is 2.88. The fourth-order valence-corrected chi connectivity index (χ4v) is 2.03. The van der Waals surface area contributed by atoms with Gasteiger partial charge >= 0.3 is 6.18 Å². The molecule has 0 unspecified atom stereocenters. The topological polar surface area (TPSA) is 55.1 Å². The Morgan fingerprint density at radius 1 is 1.29 bits per heavy atom. The standard InChI is InChI=1S/C15H21F3N2O/c1-3-4-13(19)14(21)20-10(2)9-11-5-7-12(8-6-11)15(16,17)18/h5-8,10,13H,3-4,9,19H2,1-2H3,(H,20,21)/t10-,13+/m0/s1. The van der Waals surface area contributed by atoms with Crippen LogP contribution in [0.15, 0.2) is 24.3 Å². The van der Waals surface area contributed by atoms with Crippen molar-refractivity contribution in [2.75, 3.05) is 0 Å². The molecular weight excluding hydrogens is 281 g/mol. The number of hydrogen-bond acceptors (Lipinski definition) is 2. The Kier molecular flexibility index (Phi) is 6.20. The largest absolute Gasteiger partial charge is 0.416 e. The second-order valence-electron chi connectivity index (χ2n) is 5.20. The van der Waals surface area contributed by atoms with Gasteiger partial charge in [0.25, 0.3) is 0 Å². The fourth-order valence-electron chi connectivity index (χ4n) is 2.03. The molecule has 0 spiro atoms. The molecule has 1 aromatic rings. The Balaban J connectivity index is 2.55. The molecule has 6 heteroatoms. The lowest BCUT2D eigenvalue weighted by atomic mass is 10.0. The van der Waals surface area contributed by atoms with E-state index >= 15 is 0 Å². The highest BCUT2D eigenvalue weighted by Crippen LogP contribution is 2.29. The molecule has 0 heterocycles. The third-order valence-electron chi connectivity index (χ3n) is 3.15. The van der Waals surface area contributed by atoms with E-state index in [2.05, 4.69) is 5.32 Å². The predicted molar refractivity (Wildman–Crippen MR) is 75.6 cm³/mol. The summed E-state index contributed by atoms with van der Waals surface area (Å²) in [5, 5.41) is 2.77. The van der Waals surface area contributed by atoms with Gasteiger partial charge in [-0.2, -0.15) is 13.2 Å². The van der Waals surface area contributed by atoms with Gasteiger partial charge in [-0.3, -0.25) is 4.79 Å². The van der Waals surface area contributed by atoms with Gasteiger partial charge in [0.1, 0.15) is 0 Å². The molecule has 3 nitrogen and oxygen atoms in total. The smallest absolute Gasteiger partial charge is 0.352 e. The summed E-state index contributed by atoms with van der Waals surface area (Å²) in [5.74, 6) is -0.226. The summed E-state index contributed by atoms with van der Waals surface area (Å²) >= 11 is 0. The minimum Gasteiger partial charge on any atom is -0.352 e. The van der Waals surface area contributed by atoms with Crippen molar-refractivity contribution in [2.45, 2.75) is 51.4 Å². The van der Waals surface area contributed by atoms with Crippen molar-refractivity contribution >= 4 is 5.91 Å². The summed E-state index contributed by atoms with van der Waals surface area (Å²) < 4.78 is 37.3. The van der Waals surface area contributed by atoms with Crippen LogP contribution in [0, 0.1) is 0 Å². The van der Waals surface area contributed by atoms with E-state index in [0.717, 1.165) is 24.1 Å². The lowest BCUT2D eigenvalue weighted by Gasteiger charge is -2.17. The number of rotatable bonds is 6. The third-order valence-corrected chi connectivity index (χ3v) is 3.15. The zero-order valence-corrected chi connectivity index (χ0v) is 12.2. The number of alkyl halides is 3. The van der Waals surface area contributed by atoms with E-state index in [-0.39, 0.29) is 11.9 Å². The van der Waals surface area contributed by atoms with Crippen molar-refractivity contribution in [1.29, 1.82) is 0 Å². The molecule has 21 heavy (non-hydrogen) atoms. The van der Waals surface area contributed by atoms with Gasteiger partial charge in [0.15, 0.2) is 0 Å². The molecule has 0 fully saturated rings. The minimum atomic E-state index is -4.33. The second kappa shape index (κ2) is 7.45. The Hall–Kier alpha value is -1.56. The van der Waals surface area contributed by atoms with E-state index in [9.17, 15) is 18.0 Å². The Morgan fingerprint density at radius 2 is 1.86 bits per heavy atom. The SMILES string of the molecule is CCC[C@@H](N)C(=O)N[C@@H](C)Cc1ccc(C(F)(F)F)cc1. The van der Waals surface area contributed by atoms with Gasteiger partial charge in [-0.05, 0) is 37.5 Å². The molecule has 3 N–H and O–H groups in total. The number of nitrogens with one attached hydrogen (secondary N) is 1. The van der Waals surface area contributed by atoms with Crippen LogP contribution in [0.4, 0.5) is 13.2 Å². The first-order valence-electron chi connectivity index (χ1n) is 6.96. The maximum absolute atomic E-state index is 12.4. The van der Waals surface area contributed by atoms with Crippen molar-refractivity contribution in [3.05, 3.63) is 35.4 Å². The Bertz CT molecular complexity index is 457. The van der Waals surface area contributed by atoms with Crippen LogP contribution < -0.4 is 11.1 Å². The molecule has 0 aromatic heterocycles. The second-order valence-corrected chi connectivity index (χ2v) is 5.20. The Morgan fingerprint density at radius 3 is 2.33 bits per heavy atom. The number of halogens is 3. The number of hydrogen-bond donors (Lipinski definition) is 2. The van der Waals surface area contributed by atoms with Crippen molar-refractivity contribution in [3.8, 4) is 0 Å². The van der Waals surface area contributed by atoms with Crippen LogP contribution in [0.5, 0.6) is 0 Å². The van der Waals surface area contributed by atoms with E-state index in [1.807, 2.05) is 6.92 Å². The molecule has 118 valence electrons. The minimum absolute atomic E-state index is 0.183. The Labute approximate surface area is 122 Å². The van der Waals surface area contributed by atoms with Gasteiger partial charge in [-0.25, -0.2) is 0 Å². The lowest BCUT2D eigenvalue weighted by Crippen LogP contribution is -2.45. The molecule has 0 aliphatic rings. The van der Waals surface area contributed by atoms with Gasteiger partial charge < -0.3 is 11.1 Å². The molecule has 1 amide bonds. The number of benzene rings is 1. The molecule has 0 saturated heterocycles. The summed E-state index contributed by atoms with van der Waals surface area (Å²) in [6.45, 7) is 3.74. The first-order valence-corrected chi connectivity index (χ1v) is 6.96. The van der Waals surface area contributed by atoms with Gasteiger partial charge in [0, 0.05) is 6.04 Å². The van der Waals surface area contributed by atoms with E-state index in [1.54, 1.807) is 6.92 Å². The van der Waals surface area contributed by atoms with Gasteiger partial charge in [-0.1, -0.05) is 25.5 Å². The van der Waals surface area contributed by atoms with Crippen LogP contribution in [0.1, 0.15) is 37.8 Å². The quantitative estimate of drug-likeness (QED) is 0.849. The summed E-state index contributed by atoms with van der Waals surface area (Å²) in [5.41, 5.74) is 5.76. The van der Waals surface area contributed by atoms with Crippen molar-refractivity contribution < 1.29 is 18.0 Å². The molecule has 0 radical (unpaired) electrons. The summed E-state index contributed by atoms with van der Waals surface area (Å²) in [6, 6.07) is 4.23. The van der Waals surface area contributed by atoms with Crippen molar-refractivity contribution in [3.63, 3.8) is 0 Å². The molecule has 1 aromatic carbocycles. The van der Waals surface area contributed by atoms with Crippen LogP contribution in [-0.4, -0.2) is 18.0 Å². The number of carbonyl (C=O) groups is 1. The van der Waals surface area contributed by atoms with Crippen LogP contribution in [0.2, 0.25) is 0 Å². The monoisotopic (exact) mass is 302 g/mol. The zero-order chi connectivity index (χ0) is 16.0. The van der Waals surface area contributed by atoms with Gasteiger partial charge in [-0.15, -0.1) is 0 Å². The molecular formula is C15H21F3N2O. The number of carbonyl (C=O) groups excluding carboxylic acids is 1. The van der Waals surface area contributed by atoms with Gasteiger partial charge in [0.2, 0.25) is 5.91 Å². The third kappa shape index (κ3) is 5.75. The van der Waals surface area contributed by atoms with Crippen LogP contribution in [0.25, 0.3) is 0 Å². The highest BCUT2D eigenvalue weighted by atomic mass is 19.4. The van der Waals surface area contributed by atoms with E-state index in [0.29, 0.717) is 12.8 Å². The molecule has 2 atom stereocenters. The van der Waals surface area contributed by atoms with Gasteiger partial charge in [0.05, 0.1) is 11.6 Å².